The minimum atomic E-state index is 0.350. The van der Waals surface area contributed by atoms with Crippen molar-refractivity contribution in [2.45, 2.75) is 26.2 Å². The van der Waals surface area contributed by atoms with E-state index in [4.69, 9.17) is 9.47 Å². The van der Waals surface area contributed by atoms with Crippen molar-refractivity contribution in [3.05, 3.63) is 30.3 Å². The van der Waals surface area contributed by atoms with Crippen LogP contribution in [0.4, 0.5) is 0 Å². The van der Waals surface area contributed by atoms with Crippen LogP contribution in [0.1, 0.15) is 26.2 Å². The third kappa shape index (κ3) is 4.51. The highest BCUT2D eigenvalue weighted by Crippen LogP contribution is 2.33. The van der Waals surface area contributed by atoms with Crippen LogP contribution in [0.5, 0.6) is 5.75 Å². The van der Waals surface area contributed by atoms with Crippen LogP contribution in [-0.2, 0) is 4.74 Å². The van der Waals surface area contributed by atoms with E-state index in [0.717, 1.165) is 57.9 Å². The molecule has 3 nitrogen and oxygen atoms in total. The fourth-order valence-electron chi connectivity index (χ4n) is 2.61. The lowest BCUT2D eigenvalue weighted by Crippen LogP contribution is -2.40. The summed E-state index contributed by atoms with van der Waals surface area (Å²) < 4.78 is 11.3. The molecule has 1 aromatic carbocycles. The standard InChI is InChI=1S/C16H25NO2/c1-2-17-14-16(8-11-18-12-9-16)10-13-19-15-6-4-3-5-7-15/h3-7,17H,2,8-14H2,1H3. The lowest BCUT2D eigenvalue weighted by Gasteiger charge is -2.37. The van der Waals surface area contributed by atoms with Crippen LogP contribution < -0.4 is 10.1 Å². The molecule has 2 rings (SSSR count). The maximum atomic E-state index is 5.85. The van der Waals surface area contributed by atoms with Crippen LogP contribution in [0.3, 0.4) is 0 Å². The van der Waals surface area contributed by atoms with Crippen LogP contribution in [-0.4, -0.2) is 32.9 Å². The van der Waals surface area contributed by atoms with Gasteiger partial charge in [-0.1, -0.05) is 25.1 Å². The Morgan fingerprint density at radius 3 is 2.63 bits per heavy atom. The number of benzene rings is 1. The number of rotatable bonds is 7. The number of hydrogen-bond donors (Lipinski definition) is 1. The average Bonchev–Trinajstić information content (AvgIpc) is 2.47. The minimum absolute atomic E-state index is 0.350. The molecule has 0 aliphatic carbocycles. The van der Waals surface area contributed by atoms with E-state index < -0.39 is 0 Å². The summed E-state index contributed by atoms with van der Waals surface area (Å²) in [5.41, 5.74) is 0.350. The Balaban J connectivity index is 1.82. The Kier molecular flexibility index (Phi) is 5.67. The summed E-state index contributed by atoms with van der Waals surface area (Å²) in [7, 11) is 0. The molecule has 1 aliphatic rings. The lowest BCUT2D eigenvalue weighted by molar-refractivity contribution is 0.00449. The van der Waals surface area contributed by atoms with Crippen LogP contribution in [0, 0.1) is 5.41 Å². The van der Waals surface area contributed by atoms with Gasteiger partial charge in [0.25, 0.3) is 0 Å². The highest BCUT2D eigenvalue weighted by Gasteiger charge is 2.31. The van der Waals surface area contributed by atoms with Gasteiger partial charge in [0.15, 0.2) is 0 Å². The third-order valence-electron chi connectivity index (χ3n) is 3.95. The van der Waals surface area contributed by atoms with E-state index >= 15 is 0 Å². The summed E-state index contributed by atoms with van der Waals surface area (Å²) in [6.07, 6.45) is 3.37. The van der Waals surface area contributed by atoms with Crippen LogP contribution in [0.2, 0.25) is 0 Å². The molecular formula is C16H25NO2. The van der Waals surface area contributed by atoms with Gasteiger partial charge in [0.2, 0.25) is 0 Å². The highest BCUT2D eigenvalue weighted by atomic mass is 16.5. The van der Waals surface area contributed by atoms with Gasteiger partial charge in [0, 0.05) is 19.8 Å². The summed E-state index contributed by atoms with van der Waals surface area (Å²) in [5, 5.41) is 3.50. The van der Waals surface area contributed by atoms with Crippen molar-refractivity contribution in [1.29, 1.82) is 0 Å². The second-order valence-electron chi connectivity index (χ2n) is 5.30. The highest BCUT2D eigenvalue weighted by molar-refractivity contribution is 5.20. The van der Waals surface area contributed by atoms with Crippen molar-refractivity contribution in [3.8, 4) is 5.75 Å². The molecule has 0 amide bonds. The van der Waals surface area contributed by atoms with Gasteiger partial charge in [-0.2, -0.15) is 0 Å². The Bertz CT molecular complexity index is 347. The molecule has 1 N–H and O–H groups in total. The van der Waals surface area contributed by atoms with Crippen molar-refractivity contribution in [3.63, 3.8) is 0 Å². The van der Waals surface area contributed by atoms with Gasteiger partial charge in [-0.05, 0) is 43.4 Å². The van der Waals surface area contributed by atoms with E-state index in [-0.39, 0.29) is 0 Å². The maximum Gasteiger partial charge on any atom is 0.119 e. The molecule has 1 saturated heterocycles. The molecule has 0 spiro atoms. The van der Waals surface area contributed by atoms with Crippen molar-refractivity contribution in [2.75, 3.05) is 32.9 Å². The Hall–Kier alpha value is -1.06. The quantitative estimate of drug-likeness (QED) is 0.820. The van der Waals surface area contributed by atoms with Gasteiger partial charge < -0.3 is 14.8 Å². The number of nitrogens with one attached hydrogen (secondary N) is 1. The van der Waals surface area contributed by atoms with Crippen LogP contribution >= 0.6 is 0 Å². The first-order valence-corrected chi connectivity index (χ1v) is 7.31. The van der Waals surface area contributed by atoms with E-state index in [2.05, 4.69) is 12.2 Å². The second-order valence-corrected chi connectivity index (χ2v) is 5.30. The molecular weight excluding hydrogens is 238 g/mol. The summed E-state index contributed by atoms with van der Waals surface area (Å²) in [5.74, 6) is 0.966. The van der Waals surface area contributed by atoms with E-state index in [1.54, 1.807) is 0 Å². The van der Waals surface area contributed by atoms with E-state index in [0.29, 0.717) is 5.41 Å². The fourth-order valence-corrected chi connectivity index (χ4v) is 2.61. The zero-order valence-electron chi connectivity index (χ0n) is 11.9. The third-order valence-corrected chi connectivity index (χ3v) is 3.95. The molecule has 1 aromatic rings. The van der Waals surface area contributed by atoms with Gasteiger partial charge in [-0.15, -0.1) is 0 Å². The van der Waals surface area contributed by atoms with E-state index in [9.17, 15) is 0 Å². The van der Waals surface area contributed by atoms with E-state index in [1.165, 1.54) is 0 Å². The summed E-state index contributed by atoms with van der Waals surface area (Å²) >= 11 is 0. The molecule has 19 heavy (non-hydrogen) atoms. The molecule has 0 bridgehead atoms. The summed E-state index contributed by atoms with van der Waals surface area (Å²) in [4.78, 5) is 0. The van der Waals surface area contributed by atoms with Gasteiger partial charge in [0.05, 0.1) is 6.61 Å². The Morgan fingerprint density at radius 2 is 1.95 bits per heavy atom. The average molecular weight is 263 g/mol. The fraction of sp³-hybridized carbons (Fsp3) is 0.625. The van der Waals surface area contributed by atoms with Crippen molar-refractivity contribution < 1.29 is 9.47 Å². The number of hydrogen-bond acceptors (Lipinski definition) is 3. The molecule has 0 atom stereocenters. The molecule has 106 valence electrons. The van der Waals surface area contributed by atoms with Crippen LogP contribution in [0.15, 0.2) is 30.3 Å². The SMILES string of the molecule is CCNCC1(CCOc2ccccc2)CCOCC1. The predicted molar refractivity (Wildman–Crippen MR) is 77.6 cm³/mol. The first kappa shape index (κ1) is 14.4. The van der Waals surface area contributed by atoms with Gasteiger partial charge in [0.1, 0.15) is 5.75 Å². The zero-order valence-corrected chi connectivity index (χ0v) is 11.9. The monoisotopic (exact) mass is 263 g/mol. The molecule has 3 heteroatoms. The zero-order chi connectivity index (χ0) is 13.4. The smallest absolute Gasteiger partial charge is 0.119 e. The topological polar surface area (TPSA) is 30.5 Å². The normalized spacial score (nSPS) is 18.2. The summed E-state index contributed by atoms with van der Waals surface area (Å²) in [6, 6.07) is 10.1. The molecule has 1 heterocycles. The molecule has 1 aliphatic heterocycles. The number of ether oxygens (including phenoxy) is 2. The molecule has 0 saturated carbocycles. The molecule has 0 radical (unpaired) electrons. The molecule has 1 fully saturated rings. The van der Waals surface area contributed by atoms with Gasteiger partial charge in [-0.3, -0.25) is 0 Å². The first-order chi connectivity index (χ1) is 9.35. The second kappa shape index (κ2) is 7.51. The first-order valence-electron chi connectivity index (χ1n) is 7.31. The van der Waals surface area contributed by atoms with Crippen molar-refractivity contribution in [1.82, 2.24) is 5.32 Å². The predicted octanol–water partition coefficient (Wildman–Crippen LogP) is 2.86. The van der Waals surface area contributed by atoms with Gasteiger partial charge in [-0.25, -0.2) is 0 Å². The minimum Gasteiger partial charge on any atom is -0.494 e. The Labute approximate surface area is 116 Å². The lowest BCUT2D eigenvalue weighted by atomic mass is 9.77. The maximum absolute atomic E-state index is 5.85. The number of para-hydroxylation sites is 1. The van der Waals surface area contributed by atoms with Crippen molar-refractivity contribution >= 4 is 0 Å². The summed E-state index contributed by atoms with van der Waals surface area (Å²) in [6.45, 7) is 6.82. The Morgan fingerprint density at radius 1 is 1.21 bits per heavy atom. The molecule has 0 unspecified atom stereocenters. The molecule has 0 aromatic heterocycles. The van der Waals surface area contributed by atoms with Gasteiger partial charge >= 0.3 is 0 Å². The largest absolute Gasteiger partial charge is 0.494 e. The van der Waals surface area contributed by atoms with Crippen LogP contribution in [0.25, 0.3) is 0 Å². The van der Waals surface area contributed by atoms with E-state index in [1.807, 2.05) is 30.3 Å². The van der Waals surface area contributed by atoms with Crippen molar-refractivity contribution in [2.24, 2.45) is 5.41 Å².